The Bertz CT molecular complexity index is 780. The minimum atomic E-state index is 0.477. The summed E-state index contributed by atoms with van der Waals surface area (Å²) in [6.07, 6.45) is 6.73. The first-order chi connectivity index (χ1) is 10.3. The number of fused-ring (bicyclic) bond motifs is 3. The van der Waals surface area contributed by atoms with E-state index < -0.39 is 0 Å². The minimum absolute atomic E-state index is 0.477. The van der Waals surface area contributed by atoms with E-state index in [4.69, 9.17) is 4.42 Å². The van der Waals surface area contributed by atoms with Gasteiger partial charge in [0.05, 0.1) is 0 Å². The molecule has 0 spiro atoms. The fraction of sp³-hybridized carbons (Fsp3) is 0.412. The molecule has 0 saturated heterocycles. The fourth-order valence-corrected chi connectivity index (χ4v) is 3.33. The number of furan rings is 1. The number of benzene rings is 1. The summed E-state index contributed by atoms with van der Waals surface area (Å²) in [5.41, 5.74) is 2.54. The summed E-state index contributed by atoms with van der Waals surface area (Å²) in [5, 5.41) is 4.64. The molecule has 2 atom stereocenters. The maximum absolute atomic E-state index is 5.97. The lowest BCUT2D eigenvalue weighted by molar-refractivity contribution is 0.349. The summed E-state index contributed by atoms with van der Waals surface area (Å²) in [6.45, 7) is 2.31. The smallest absolute Gasteiger partial charge is 0.196 e. The first-order valence-corrected chi connectivity index (χ1v) is 7.72. The van der Waals surface area contributed by atoms with Crippen LogP contribution in [-0.4, -0.2) is 16.0 Å². The number of nitrogens with one attached hydrogen (secondary N) is 1. The van der Waals surface area contributed by atoms with Crippen molar-refractivity contribution >= 4 is 27.9 Å². The molecule has 0 bridgehead atoms. The maximum Gasteiger partial charge on any atom is 0.196 e. The number of nitrogens with zero attached hydrogens (tertiary/aromatic N) is 2. The summed E-state index contributed by atoms with van der Waals surface area (Å²) in [7, 11) is 0. The van der Waals surface area contributed by atoms with E-state index in [1.54, 1.807) is 6.33 Å². The zero-order valence-corrected chi connectivity index (χ0v) is 12.2. The second kappa shape index (κ2) is 5.02. The molecule has 0 radical (unpaired) electrons. The van der Waals surface area contributed by atoms with Crippen LogP contribution in [0.5, 0.6) is 0 Å². The van der Waals surface area contributed by atoms with Crippen LogP contribution in [-0.2, 0) is 0 Å². The molecule has 1 aromatic carbocycles. The highest BCUT2D eigenvalue weighted by molar-refractivity contribution is 6.05. The molecule has 4 heteroatoms. The van der Waals surface area contributed by atoms with Crippen molar-refractivity contribution in [3.63, 3.8) is 0 Å². The van der Waals surface area contributed by atoms with Crippen molar-refractivity contribution in [3.05, 3.63) is 30.6 Å². The predicted octanol–water partition coefficient (Wildman–Crippen LogP) is 4.37. The summed E-state index contributed by atoms with van der Waals surface area (Å²) < 4.78 is 5.97. The molecule has 1 aliphatic carbocycles. The monoisotopic (exact) mass is 281 g/mol. The van der Waals surface area contributed by atoms with Crippen LogP contribution in [0.3, 0.4) is 0 Å². The third-order valence-corrected chi connectivity index (χ3v) is 4.59. The highest BCUT2D eigenvalue weighted by Crippen LogP contribution is 2.32. The van der Waals surface area contributed by atoms with Crippen LogP contribution in [0.15, 0.2) is 35.0 Å². The molecule has 0 amide bonds. The highest BCUT2D eigenvalue weighted by Gasteiger charge is 2.23. The summed E-state index contributed by atoms with van der Waals surface area (Å²) in [4.78, 5) is 8.81. The van der Waals surface area contributed by atoms with Crippen LogP contribution in [0.1, 0.15) is 32.6 Å². The van der Waals surface area contributed by atoms with Crippen LogP contribution in [0.2, 0.25) is 0 Å². The van der Waals surface area contributed by atoms with Gasteiger partial charge in [-0.15, -0.1) is 0 Å². The number of rotatable bonds is 2. The van der Waals surface area contributed by atoms with Gasteiger partial charge in [-0.05, 0) is 30.9 Å². The molecular weight excluding hydrogens is 262 g/mol. The first kappa shape index (κ1) is 12.6. The summed E-state index contributed by atoms with van der Waals surface area (Å²) in [5.74, 6) is 1.50. The maximum atomic E-state index is 5.97. The number of anilines is 1. The zero-order chi connectivity index (χ0) is 14.2. The van der Waals surface area contributed by atoms with Gasteiger partial charge >= 0.3 is 0 Å². The molecule has 3 aromatic rings. The van der Waals surface area contributed by atoms with E-state index in [0.29, 0.717) is 12.0 Å². The van der Waals surface area contributed by atoms with E-state index in [0.717, 1.165) is 27.9 Å². The Morgan fingerprint density at radius 1 is 1.14 bits per heavy atom. The molecular formula is C17H19N3O. The summed E-state index contributed by atoms with van der Waals surface area (Å²) in [6, 6.07) is 8.49. The summed E-state index contributed by atoms with van der Waals surface area (Å²) >= 11 is 0. The second-order valence-corrected chi connectivity index (χ2v) is 6.01. The highest BCUT2D eigenvalue weighted by atomic mass is 16.3. The minimum Gasteiger partial charge on any atom is -0.450 e. The lowest BCUT2D eigenvalue weighted by Crippen LogP contribution is -2.30. The number of aromatic nitrogens is 2. The van der Waals surface area contributed by atoms with Crippen LogP contribution in [0.25, 0.3) is 22.1 Å². The Hall–Kier alpha value is -2.10. The van der Waals surface area contributed by atoms with Crippen LogP contribution in [0, 0.1) is 5.92 Å². The van der Waals surface area contributed by atoms with Gasteiger partial charge in [-0.3, -0.25) is 0 Å². The second-order valence-electron chi connectivity index (χ2n) is 6.01. The van der Waals surface area contributed by atoms with Gasteiger partial charge in [-0.25, -0.2) is 9.97 Å². The molecule has 21 heavy (non-hydrogen) atoms. The predicted molar refractivity (Wildman–Crippen MR) is 84.4 cm³/mol. The van der Waals surface area contributed by atoms with Crippen molar-refractivity contribution in [2.75, 3.05) is 5.32 Å². The van der Waals surface area contributed by atoms with Gasteiger partial charge in [0.25, 0.3) is 0 Å². The van der Waals surface area contributed by atoms with Gasteiger partial charge in [-0.1, -0.05) is 31.9 Å². The number of hydrogen-bond donors (Lipinski definition) is 1. The lowest BCUT2D eigenvalue weighted by Gasteiger charge is -2.29. The van der Waals surface area contributed by atoms with Crippen molar-refractivity contribution in [1.82, 2.24) is 9.97 Å². The molecule has 4 nitrogen and oxygen atoms in total. The van der Waals surface area contributed by atoms with Crippen LogP contribution < -0.4 is 5.32 Å². The Morgan fingerprint density at radius 3 is 2.90 bits per heavy atom. The van der Waals surface area contributed by atoms with E-state index in [1.165, 1.54) is 25.7 Å². The normalized spacial score (nSPS) is 22.7. The SMILES string of the molecule is C[C@H]1CCCC[C@@H]1Nc1ncnc2c1oc1ccccc12. The third kappa shape index (κ3) is 2.15. The Labute approximate surface area is 123 Å². The van der Waals surface area contributed by atoms with E-state index in [1.807, 2.05) is 24.3 Å². The largest absolute Gasteiger partial charge is 0.450 e. The molecule has 0 unspecified atom stereocenters. The van der Waals surface area contributed by atoms with Crippen molar-refractivity contribution in [2.24, 2.45) is 5.92 Å². The zero-order valence-electron chi connectivity index (χ0n) is 12.2. The van der Waals surface area contributed by atoms with Crippen molar-refractivity contribution in [3.8, 4) is 0 Å². The molecule has 0 aliphatic heterocycles. The van der Waals surface area contributed by atoms with Gasteiger partial charge in [0.15, 0.2) is 11.4 Å². The average Bonchev–Trinajstić information content (AvgIpc) is 2.89. The topological polar surface area (TPSA) is 51.0 Å². The third-order valence-electron chi connectivity index (χ3n) is 4.59. The molecule has 1 aliphatic rings. The van der Waals surface area contributed by atoms with E-state index in [-0.39, 0.29) is 0 Å². The van der Waals surface area contributed by atoms with Gasteiger partial charge < -0.3 is 9.73 Å². The van der Waals surface area contributed by atoms with Gasteiger partial charge in [0.2, 0.25) is 0 Å². The average molecular weight is 281 g/mol. The van der Waals surface area contributed by atoms with E-state index in [9.17, 15) is 0 Å². The molecule has 1 fully saturated rings. The van der Waals surface area contributed by atoms with Crippen molar-refractivity contribution in [1.29, 1.82) is 0 Å². The van der Waals surface area contributed by atoms with Gasteiger partial charge in [-0.2, -0.15) is 0 Å². The van der Waals surface area contributed by atoms with E-state index >= 15 is 0 Å². The Balaban J connectivity index is 1.78. The van der Waals surface area contributed by atoms with E-state index in [2.05, 4.69) is 22.2 Å². The molecule has 2 aromatic heterocycles. The van der Waals surface area contributed by atoms with Gasteiger partial charge in [0.1, 0.15) is 17.4 Å². The molecule has 1 saturated carbocycles. The first-order valence-electron chi connectivity index (χ1n) is 7.72. The van der Waals surface area contributed by atoms with Crippen LogP contribution in [0.4, 0.5) is 5.82 Å². The molecule has 1 N–H and O–H groups in total. The molecule has 108 valence electrons. The molecule has 2 heterocycles. The number of para-hydroxylation sites is 1. The van der Waals surface area contributed by atoms with Crippen molar-refractivity contribution in [2.45, 2.75) is 38.6 Å². The Kier molecular flexibility index (Phi) is 3.02. The Morgan fingerprint density at radius 2 is 2.00 bits per heavy atom. The number of hydrogen-bond acceptors (Lipinski definition) is 4. The quantitative estimate of drug-likeness (QED) is 0.758. The van der Waals surface area contributed by atoms with Gasteiger partial charge in [0, 0.05) is 11.4 Å². The fourth-order valence-electron chi connectivity index (χ4n) is 3.33. The van der Waals surface area contributed by atoms with Crippen LogP contribution >= 0.6 is 0 Å². The van der Waals surface area contributed by atoms with Crippen molar-refractivity contribution < 1.29 is 4.42 Å². The lowest BCUT2D eigenvalue weighted by atomic mass is 9.86. The molecule has 4 rings (SSSR count). The standard InChI is InChI=1S/C17H19N3O/c1-11-6-2-4-8-13(11)20-17-16-15(18-10-19-17)12-7-3-5-9-14(12)21-16/h3,5,7,9-11,13H,2,4,6,8H2,1H3,(H,18,19,20)/t11-,13-/m0/s1.